The number of nitrogens with zero attached hydrogens (tertiary/aromatic N) is 2. The minimum atomic E-state index is -3.81. The van der Waals surface area contributed by atoms with Crippen LogP contribution in [0.15, 0.2) is 47.4 Å². The highest BCUT2D eigenvalue weighted by atomic mass is 32.2. The van der Waals surface area contributed by atoms with Crippen molar-refractivity contribution in [1.82, 2.24) is 9.21 Å². The number of morpholine rings is 1. The Morgan fingerprint density at radius 3 is 2.34 bits per heavy atom. The van der Waals surface area contributed by atoms with Crippen molar-refractivity contribution in [2.75, 3.05) is 33.4 Å². The lowest BCUT2D eigenvalue weighted by atomic mass is 10.1. The minimum Gasteiger partial charge on any atom is -0.379 e. The van der Waals surface area contributed by atoms with Crippen molar-refractivity contribution in [2.45, 2.75) is 24.8 Å². The Hall–Kier alpha value is -2.29. The molecule has 0 saturated carbocycles. The molecule has 2 aromatic carbocycles. The van der Waals surface area contributed by atoms with Gasteiger partial charge in [-0.05, 0) is 35.7 Å². The summed E-state index contributed by atoms with van der Waals surface area (Å²) in [6.07, 6.45) is 0.921. The van der Waals surface area contributed by atoms with Crippen molar-refractivity contribution >= 4 is 15.9 Å². The Morgan fingerprint density at radius 2 is 1.72 bits per heavy atom. The van der Waals surface area contributed by atoms with Crippen LogP contribution in [0.1, 0.15) is 28.4 Å². The van der Waals surface area contributed by atoms with Crippen molar-refractivity contribution < 1.29 is 22.3 Å². The second-order valence-corrected chi connectivity index (χ2v) is 8.93. The third-order valence-electron chi connectivity index (χ3n) is 4.97. The fourth-order valence-electron chi connectivity index (χ4n) is 3.20. The number of hydrogen-bond donors (Lipinski definition) is 0. The van der Waals surface area contributed by atoms with Crippen LogP contribution in [0, 0.1) is 5.82 Å². The molecule has 0 unspecified atom stereocenters. The lowest BCUT2D eigenvalue weighted by Gasteiger charge is -2.26. The quantitative estimate of drug-likeness (QED) is 0.721. The molecular weight excluding hydrogens is 395 g/mol. The number of amides is 1. The lowest BCUT2D eigenvalue weighted by Crippen LogP contribution is -2.40. The van der Waals surface area contributed by atoms with Crippen LogP contribution >= 0.6 is 0 Å². The maximum Gasteiger partial charge on any atom is 0.256 e. The number of rotatable bonds is 6. The van der Waals surface area contributed by atoms with Gasteiger partial charge in [-0.2, -0.15) is 4.31 Å². The summed E-state index contributed by atoms with van der Waals surface area (Å²) in [6, 6.07) is 11.2. The molecule has 0 bridgehead atoms. The Bertz CT molecular complexity index is 971. The third-order valence-corrected chi connectivity index (χ3v) is 6.87. The summed E-state index contributed by atoms with van der Waals surface area (Å²) in [5.74, 6) is -1.31. The van der Waals surface area contributed by atoms with E-state index in [0.29, 0.717) is 19.8 Å². The van der Waals surface area contributed by atoms with E-state index in [1.165, 1.54) is 20.8 Å². The molecule has 0 aromatic heterocycles. The summed E-state index contributed by atoms with van der Waals surface area (Å²) in [5, 5.41) is 0. The van der Waals surface area contributed by atoms with E-state index in [2.05, 4.69) is 6.92 Å². The minimum absolute atomic E-state index is 0.0927. The number of sulfonamides is 1. The molecule has 156 valence electrons. The summed E-state index contributed by atoms with van der Waals surface area (Å²) in [4.78, 5) is 14.1. The first-order valence-electron chi connectivity index (χ1n) is 9.53. The van der Waals surface area contributed by atoms with E-state index >= 15 is 0 Å². The molecule has 8 heteroatoms. The van der Waals surface area contributed by atoms with Crippen molar-refractivity contribution in [2.24, 2.45) is 0 Å². The van der Waals surface area contributed by atoms with Gasteiger partial charge in [-0.3, -0.25) is 4.79 Å². The van der Waals surface area contributed by atoms with Crippen LogP contribution < -0.4 is 0 Å². The maximum atomic E-state index is 14.4. The van der Waals surface area contributed by atoms with E-state index < -0.39 is 21.7 Å². The molecule has 1 aliphatic rings. The average Bonchev–Trinajstić information content (AvgIpc) is 2.74. The molecule has 1 fully saturated rings. The van der Waals surface area contributed by atoms with Gasteiger partial charge in [-0.1, -0.05) is 31.2 Å². The fourth-order valence-corrected chi connectivity index (χ4v) is 4.63. The topological polar surface area (TPSA) is 66.9 Å². The molecule has 29 heavy (non-hydrogen) atoms. The first kappa shape index (κ1) is 21.4. The summed E-state index contributed by atoms with van der Waals surface area (Å²) in [5.41, 5.74) is 1.84. The number of halogens is 1. The number of carbonyl (C=O) groups excluding carboxylic acids is 1. The van der Waals surface area contributed by atoms with Crippen molar-refractivity contribution in [1.29, 1.82) is 0 Å². The normalized spacial score (nSPS) is 15.3. The molecule has 6 nitrogen and oxygen atoms in total. The molecule has 2 aromatic rings. The van der Waals surface area contributed by atoms with Crippen LogP contribution in [0.3, 0.4) is 0 Å². The van der Waals surface area contributed by atoms with E-state index in [0.717, 1.165) is 24.1 Å². The van der Waals surface area contributed by atoms with Crippen LogP contribution in [0.25, 0.3) is 0 Å². The largest absolute Gasteiger partial charge is 0.379 e. The van der Waals surface area contributed by atoms with Crippen LogP contribution in [0.4, 0.5) is 4.39 Å². The molecule has 1 saturated heterocycles. The third kappa shape index (κ3) is 4.83. The van der Waals surface area contributed by atoms with Gasteiger partial charge in [-0.15, -0.1) is 0 Å². The van der Waals surface area contributed by atoms with Gasteiger partial charge >= 0.3 is 0 Å². The van der Waals surface area contributed by atoms with Gasteiger partial charge in [0.05, 0.1) is 23.7 Å². The zero-order chi connectivity index (χ0) is 21.0. The number of carbonyl (C=O) groups is 1. The smallest absolute Gasteiger partial charge is 0.256 e. The summed E-state index contributed by atoms with van der Waals surface area (Å²) in [7, 11) is -2.24. The predicted molar refractivity (Wildman–Crippen MR) is 108 cm³/mol. The molecule has 1 heterocycles. The summed E-state index contributed by atoms with van der Waals surface area (Å²) >= 11 is 0. The molecule has 0 atom stereocenters. The van der Waals surface area contributed by atoms with E-state index in [4.69, 9.17) is 4.74 Å². The summed E-state index contributed by atoms with van der Waals surface area (Å²) in [6.45, 7) is 3.44. The molecule has 1 amide bonds. The van der Waals surface area contributed by atoms with Crippen molar-refractivity contribution in [3.05, 3.63) is 65.0 Å². The zero-order valence-corrected chi connectivity index (χ0v) is 17.4. The van der Waals surface area contributed by atoms with Crippen LogP contribution in [-0.4, -0.2) is 56.9 Å². The van der Waals surface area contributed by atoms with E-state index in [9.17, 15) is 17.6 Å². The summed E-state index contributed by atoms with van der Waals surface area (Å²) < 4.78 is 46.5. The highest BCUT2D eigenvalue weighted by molar-refractivity contribution is 7.89. The van der Waals surface area contributed by atoms with Gasteiger partial charge in [0.15, 0.2) is 0 Å². The van der Waals surface area contributed by atoms with E-state index in [1.54, 1.807) is 7.05 Å². The van der Waals surface area contributed by atoms with E-state index in [-0.39, 0.29) is 23.5 Å². The molecule has 1 aliphatic heterocycles. The molecule has 0 N–H and O–H groups in total. The monoisotopic (exact) mass is 420 g/mol. The van der Waals surface area contributed by atoms with Crippen LogP contribution in [0.5, 0.6) is 0 Å². The Labute approximate surface area is 170 Å². The Morgan fingerprint density at radius 1 is 1.10 bits per heavy atom. The second kappa shape index (κ2) is 9.02. The zero-order valence-electron chi connectivity index (χ0n) is 16.6. The van der Waals surface area contributed by atoms with Crippen LogP contribution in [-0.2, 0) is 27.7 Å². The number of aryl methyl sites for hydroxylation is 1. The van der Waals surface area contributed by atoms with Gasteiger partial charge in [0.25, 0.3) is 5.91 Å². The SMILES string of the molecule is CCc1ccc(CN(C)C(=O)c2cc(S(=O)(=O)N3CCOCC3)ccc2F)cc1. The van der Waals surface area contributed by atoms with Crippen molar-refractivity contribution in [3.63, 3.8) is 0 Å². The van der Waals surface area contributed by atoms with Crippen molar-refractivity contribution in [3.8, 4) is 0 Å². The molecule has 0 radical (unpaired) electrons. The molecule has 0 spiro atoms. The first-order valence-corrected chi connectivity index (χ1v) is 11.0. The number of ether oxygens (including phenoxy) is 1. The van der Waals surface area contributed by atoms with Gasteiger partial charge in [0.1, 0.15) is 5.82 Å². The number of benzene rings is 2. The van der Waals surface area contributed by atoms with Gasteiger partial charge < -0.3 is 9.64 Å². The molecule has 3 rings (SSSR count). The fraction of sp³-hybridized carbons (Fsp3) is 0.381. The lowest BCUT2D eigenvalue weighted by molar-refractivity contribution is 0.0730. The first-order chi connectivity index (χ1) is 13.8. The standard InChI is InChI=1S/C21H25FN2O4S/c1-3-16-4-6-17(7-5-16)15-23(2)21(25)19-14-18(8-9-20(19)22)29(26,27)24-10-12-28-13-11-24/h4-9,14H,3,10-13,15H2,1-2H3. The number of hydrogen-bond acceptors (Lipinski definition) is 4. The second-order valence-electron chi connectivity index (χ2n) is 6.99. The average molecular weight is 421 g/mol. The van der Waals surface area contributed by atoms with Crippen LogP contribution in [0.2, 0.25) is 0 Å². The Balaban J connectivity index is 1.81. The molecule has 0 aliphatic carbocycles. The van der Waals surface area contributed by atoms with Gasteiger partial charge in [0, 0.05) is 26.7 Å². The predicted octanol–water partition coefficient (Wildman–Crippen LogP) is 2.68. The van der Waals surface area contributed by atoms with E-state index in [1.807, 2.05) is 24.3 Å². The van der Waals surface area contributed by atoms with Gasteiger partial charge in [-0.25, -0.2) is 12.8 Å². The maximum absolute atomic E-state index is 14.4. The molecular formula is C21H25FN2O4S. The Kier molecular flexibility index (Phi) is 6.66. The van der Waals surface area contributed by atoms with Gasteiger partial charge in [0.2, 0.25) is 10.0 Å². The highest BCUT2D eigenvalue weighted by Crippen LogP contribution is 2.21. The highest BCUT2D eigenvalue weighted by Gasteiger charge is 2.28.